The van der Waals surface area contributed by atoms with Crippen molar-refractivity contribution in [3.63, 3.8) is 0 Å². The molecule has 23 heavy (non-hydrogen) atoms. The normalized spacial score (nSPS) is 22.7. The molecular weight excluding hydrogens is 336 g/mol. The minimum atomic E-state index is -3.57. The van der Waals surface area contributed by atoms with Crippen molar-refractivity contribution in [1.29, 1.82) is 0 Å². The van der Waals surface area contributed by atoms with E-state index in [1.807, 2.05) is 24.3 Å². The topological polar surface area (TPSA) is 57.7 Å². The summed E-state index contributed by atoms with van der Waals surface area (Å²) in [6.45, 7) is 2.57. The number of benzene rings is 1. The molecule has 1 unspecified atom stereocenters. The Bertz CT molecular complexity index is 669. The van der Waals surface area contributed by atoms with Crippen molar-refractivity contribution in [2.75, 3.05) is 35.2 Å². The molecule has 0 aromatic heterocycles. The van der Waals surface area contributed by atoms with E-state index < -0.39 is 9.05 Å². The quantitative estimate of drug-likeness (QED) is 0.778. The van der Waals surface area contributed by atoms with Gasteiger partial charge in [0, 0.05) is 54.0 Å². The number of nitrogens with zero attached hydrogens (tertiary/aromatic N) is 2. The largest absolute Gasteiger partial charge is 0.372 e. The van der Waals surface area contributed by atoms with Crippen LogP contribution < -0.4 is 9.80 Å². The van der Waals surface area contributed by atoms with Crippen LogP contribution in [0.4, 0.5) is 11.4 Å². The Labute approximate surface area is 141 Å². The molecule has 1 atom stereocenters. The summed E-state index contributed by atoms with van der Waals surface area (Å²) in [5, 5.41) is 0. The van der Waals surface area contributed by atoms with Crippen molar-refractivity contribution in [3.05, 3.63) is 24.3 Å². The minimum absolute atomic E-state index is 0.0407. The Morgan fingerprint density at radius 2 is 1.65 bits per heavy atom. The molecule has 7 heteroatoms. The van der Waals surface area contributed by atoms with E-state index in [-0.39, 0.29) is 24.0 Å². The summed E-state index contributed by atoms with van der Waals surface area (Å²) >= 11 is 0. The average Bonchev–Trinajstić information content (AvgIpc) is 2.87. The van der Waals surface area contributed by atoms with Gasteiger partial charge in [0.05, 0.1) is 5.75 Å². The third-order valence-corrected chi connectivity index (χ3v) is 5.77. The zero-order valence-electron chi connectivity index (χ0n) is 12.9. The standard InChI is InChI=1S/C16H21ClN2O3S/c17-23(21,22)12-13-10-16(20)19(11-13)15-6-4-14(5-7-15)18-8-2-1-3-9-18/h4-7,13H,1-3,8-12H2. The molecule has 126 valence electrons. The van der Waals surface area contributed by atoms with Gasteiger partial charge in [0.25, 0.3) is 0 Å². The van der Waals surface area contributed by atoms with Gasteiger partial charge in [-0.15, -0.1) is 0 Å². The number of halogens is 1. The fraction of sp³-hybridized carbons (Fsp3) is 0.562. The van der Waals surface area contributed by atoms with E-state index >= 15 is 0 Å². The van der Waals surface area contributed by atoms with Gasteiger partial charge in [-0.25, -0.2) is 8.42 Å². The molecule has 0 bridgehead atoms. The lowest BCUT2D eigenvalue weighted by molar-refractivity contribution is -0.117. The maximum Gasteiger partial charge on any atom is 0.232 e. The molecule has 0 saturated carbocycles. The number of hydrogen-bond acceptors (Lipinski definition) is 4. The molecule has 0 N–H and O–H groups in total. The SMILES string of the molecule is O=C1CC(CS(=O)(=O)Cl)CN1c1ccc(N2CCCCC2)cc1. The first-order chi connectivity index (χ1) is 10.9. The van der Waals surface area contributed by atoms with E-state index in [9.17, 15) is 13.2 Å². The van der Waals surface area contributed by atoms with E-state index in [0.29, 0.717) is 6.54 Å². The van der Waals surface area contributed by atoms with Crippen LogP contribution in [0.5, 0.6) is 0 Å². The Morgan fingerprint density at radius 1 is 1.04 bits per heavy atom. The van der Waals surface area contributed by atoms with Crippen molar-refractivity contribution < 1.29 is 13.2 Å². The predicted octanol–water partition coefficient (Wildman–Crippen LogP) is 2.60. The zero-order chi connectivity index (χ0) is 16.4. The van der Waals surface area contributed by atoms with Crippen molar-refractivity contribution in [2.24, 2.45) is 5.92 Å². The lowest BCUT2D eigenvalue weighted by Crippen LogP contribution is -2.29. The Hall–Kier alpha value is -1.27. The molecule has 1 amide bonds. The molecule has 2 fully saturated rings. The monoisotopic (exact) mass is 356 g/mol. The number of amides is 1. The van der Waals surface area contributed by atoms with Crippen molar-refractivity contribution in [2.45, 2.75) is 25.7 Å². The summed E-state index contributed by atoms with van der Waals surface area (Å²) in [4.78, 5) is 16.2. The second-order valence-electron chi connectivity index (χ2n) is 6.34. The Morgan fingerprint density at radius 3 is 2.26 bits per heavy atom. The third kappa shape index (κ3) is 4.18. The maximum atomic E-state index is 12.1. The molecule has 2 saturated heterocycles. The van der Waals surface area contributed by atoms with Crippen LogP contribution in [0.3, 0.4) is 0 Å². The van der Waals surface area contributed by atoms with Gasteiger partial charge >= 0.3 is 0 Å². The molecule has 2 heterocycles. The fourth-order valence-corrected chi connectivity index (χ4v) is 4.74. The van der Waals surface area contributed by atoms with Crippen molar-refractivity contribution in [1.82, 2.24) is 0 Å². The molecule has 0 aliphatic carbocycles. The number of carbonyl (C=O) groups is 1. The molecule has 0 radical (unpaired) electrons. The minimum Gasteiger partial charge on any atom is -0.372 e. The molecular formula is C16H21ClN2O3S. The first-order valence-corrected chi connectivity index (χ1v) is 10.5. The molecule has 0 spiro atoms. The van der Waals surface area contributed by atoms with Crippen LogP contribution in [0.15, 0.2) is 24.3 Å². The van der Waals surface area contributed by atoms with Crippen molar-refractivity contribution >= 4 is 37.0 Å². The van der Waals surface area contributed by atoms with Gasteiger partial charge in [-0.3, -0.25) is 4.79 Å². The third-order valence-electron chi connectivity index (χ3n) is 4.52. The number of piperidine rings is 1. The second kappa shape index (κ2) is 6.69. The number of carbonyl (C=O) groups excluding carboxylic acids is 1. The molecule has 2 aliphatic heterocycles. The van der Waals surface area contributed by atoms with Crippen LogP contribution in [0.2, 0.25) is 0 Å². The van der Waals surface area contributed by atoms with Crippen LogP contribution in [0, 0.1) is 5.92 Å². The number of anilines is 2. The smallest absolute Gasteiger partial charge is 0.232 e. The van der Waals surface area contributed by atoms with E-state index in [4.69, 9.17) is 10.7 Å². The van der Waals surface area contributed by atoms with Gasteiger partial charge in [-0.2, -0.15) is 0 Å². The summed E-state index contributed by atoms with van der Waals surface area (Å²) in [7, 11) is 1.73. The average molecular weight is 357 g/mol. The summed E-state index contributed by atoms with van der Waals surface area (Å²) in [5.41, 5.74) is 2.00. The van der Waals surface area contributed by atoms with E-state index in [2.05, 4.69) is 4.90 Å². The second-order valence-corrected chi connectivity index (χ2v) is 9.17. The van der Waals surface area contributed by atoms with Crippen LogP contribution >= 0.6 is 10.7 Å². The fourth-order valence-electron chi connectivity index (χ4n) is 3.42. The molecule has 1 aromatic rings. The Balaban J connectivity index is 1.68. The van der Waals surface area contributed by atoms with E-state index in [0.717, 1.165) is 18.8 Å². The van der Waals surface area contributed by atoms with Crippen molar-refractivity contribution in [3.8, 4) is 0 Å². The van der Waals surface area contributed by atoms with Crippen LogP contribution in [-0.2, 0) is 13.8 Å². The van der Waals surface area contributed by atoms with Gasteiger partial charge in [0.1, 0.15) is 0 Å². The number of rotatable bonds is 4. The van der Waals surface area contributed by atoms with Gasteiger partial charge in [-0.1, -0.05) is 0 Å². The number of hydrogen-bond donors (Lipinski definition) is 0. The van der Waals surface area contributed by atoms with Gasteiger partial charge in [0.15, 0.2) is 0 Å². The Kier molecular flexibility index (Phi) is 4.82. The summed E-state index contributed by atoms with van der Waals surface area (Å²) in [6, 6.07) is 7.97. The van der Waals surface area contributed by atoms with Crippen LogP contribution in [-0.4, -0.2) is 39.7 Å². The highest BCUT2D eigenvalue weighted by Crippen LogP contribution is 2.29. The lowest BCUT2D eigenvalue weighted by atomic mass is 10.1. The first-order valence-electron chi connectivity index (χ1n) is 8.00. The van der Waals surface area contributed by atoms with Crippen LogP contribution in [0.25, 0.3) is 0 Å². The van der Waals surface area contributed by atoms with Gasteiger partial charge in [-0.05, 0) is 43.5 Å². The highest BCUT2D eigenvalue weighted by atomic mass is 35.7. The summed E-state index contributed by atoms with van der Waals surface area (Å²) < 4.78 is 22.4. The van der Waals surface area contributed by atoms with Gasteiger partial charge in [0.2, 0.25) is 15.0 Å². The molecule has 3 rings (SSSR count). The highest BCUT2D eigenvalue weighted by Gasteiger charge is 2.33. The maximum absolute atomic E-state index is 12.1. The first kappa shape index (κ1) is 16.6. The predicted molar refractivity (Wildman–Crippen MR) is 92.6 cm³/mol. The summed E-state index contributed by atoms with van der Waals surface area (Å²) in [6.07, 6.45) is 3.98. The molecule has 5 nitrogen and oxygen atoms in total. The molecule has 2 aliphatic rings. The van der Waals surface area contributed by atoms with E-state index in [1.54, 1.807) is 4.90 Å². The lowest BCUT2D eigenvalue weighted by Gasteiger charge is -2.29. The summed E-state index contributed by atoms with van der Waals surface area (Å²) in [5.74, 6) is -0.421. The highest BCUT2D eigenvalue weighted by molar-refractivity contribution is 8.13. The molecule has 1 aromatic carbocycles. The zero-order valence-corrected chi connectivity index (χ0v) is 14.5. The van der Waals surface area contributed by atoms with Crippen LogP contribution in [0.1, 0.15) is 25.7 Å². The van der Waals surface area contributed by atoms with E-state index in [1.165, 1.54) is 24.9 Å². The van der Waals surface area contributed by atoms with Gasteiger partial charge < -0.3 is 9.80 Å².